The Hall–Kier alpha value is -3.67. The van der Waals surface area contributed by atoms with E-state index in [0.29, 0.717) is 13.1 Å². The summed E-state index contributed by atoms with van der Waals surface area (Å²) in [5.74, 6) is -0.459. The van der Waals surface area contributed by atoms with E-state index >= 15 is 0 Å². The molecule has 2 saturated heterocycles. The van der Waals surface area contributed by atoms with Gasteiger partial charge in [0.1, 0.15) is 17.5 Å². The maximum Gasteiger partial charge on any atom is 0.303 e. The summed E-state index contributed by atoms with van der Waals surface area (Å²) in [5, 5.41) is 8.67. The van der Waals surface area contributed by atoms with Gasteiger partial charge >= 0.3 is 5.97 Å². The van der Waals surface area contributed by atoms with E-state index < -0.39 is 36.4 Å². The maximum atomic E-state index is 11.8. The SMILES string of the molecule is CC(=O)O[C@@H]1[C@H]2OC(C)(C)O[C@H]2O[C@@H]1Cn1cc(Cn2c(-c3ccccn3)nc3ccccc32)nn1. The monoisotopic (exact) mass is 490 g/mol. The number of hydrogen-bond donors (Lipinski definition) is 0. The summed E-state index contributed by atoms with van der Waals surface area (Å²) >= 11 is 0. The van der Waals surface area contributed by atoms with Crippen LogP contribution in [0.15, 0.2) is 54.9 Å². The van der Waals surface area contributed by atoms with E-state index in [9.17, 15) is 4.79 Å². The highest BCUT2D eigenvalue weighted by atomic mass is 16.8. The van der Waals surface area contributed by atoms with Crippen LogP contribution >= 0.6 is 0 Å². The molecule has 36 heavy (non-hydrogen) atoms. The van der Waals surface area contributed by atoms with Crippen molar-refractivity contribution < 1.29 is 23.7 Å². The van der Waals surface area contributed by atoms with Gasteiger partial charge < -0.3 is 23.5 Å². The molecular weight excluding hydrogens is 464 g/mol. The topological polar surface area (TPSA) is 115 Å². The Balaban J connectivity index is 1.24. The summed E-state index contributed by atoms with van der Waals surface area (Å²) in [5.41, 5.74) is 3.38. The van der Waals surface area contributed by atoms with Crippen LogP contribution in [0.3, 0.4) is 0 Å². The summed E-state index contributed by atoms with van der Waals surface area (Å²) in [7, 11) is 0. The zero-order chi connectivity index (χ0) is 24.9. The Bertz CT molecular complexity index is 1400. The van der Waals surface area contributed by atoms with Gasteiger partial charge in [-0.25, -0.2) is 9.67 Å². The molecule has 4 atom stereocenters. The van der Waals surface area contributed by atoms with Crippen LogP contribution in [-0.2, 0) is 36.8 Å². The van der Waals surface area contributed by atoms with Crippen LogP contribution in [0.25, 0.3) is 22.6 Å². The molecule has 0 bridgehead atoms. The van der Waals surface area contributed by atoms with E-state index in [4.69, 9.17) is 23.9 Å². The lowest BCUT2D eigenvalue weighted by molar-refractivity contribution is -0.220. The van der Waals surface area contributed by atoms with Crippen molar-refractivity contribution in [3.05, 3.63) is 60.6 Å². The first-order valence-electron chi connectivity index (χ1n) is 11.8. The zero-order valence-electron chi connectivity index (χ0n) is 20.1. The molecule has 11 nitrogen and oxygen atoms in total. The van der Waals surface area contributed by atoms with Gasteiger partial charge in [-0.05, 0) is 38.1 Å². The molecule has 6 rings (SSSR count). The largest absolute Gasteiger partial charge is 0.457 e. The van der Waals surface area contributed by atoms with Crippen molar-refractivity contribution >= 4 is 17.0 Å². The van der Waals surface area contributed by atoms with Crippen molar-refractivity contribution in [1.29, 1.82) is 0 Å². The molecular formula is C25H26N6O5. The number of hydrogen-bond acceptors (Lipinski definition) is 9. The fourth-order valence-corrected chi connectivity index (χ4v) is 4.80. The first-order chi connectivity index (χ1) is 17.4. The molecule has 1 aromatic carbocycles. The summed E-state index contributed by atoms with van der Waals surface area (Å²) in [6.45, 7) is 5.75. The smallest absolute Gasteiger partial charge is 0.303 e. The quantitative estimate of drug-likeness (QED) is 0.376. The number of fused-ring (bicyclic) bond motifs is 2. The first-order valence-corrected chi connectivity index (χ1v) is 11.8. The van der Waals surface area contributed by atoms with E-state index in [1.807, 2.05) is 48.7 Å². The molecule has 0 unspecified atom stereocenters. The third-order valence-electron chi connectivity index (χ3n) is 6.21. The van der Waals surface area contributed by atoms with Crippen molar-refractivity contribution in [2.75, 3.05) is 0 Å². The van der Waals surface area contributed by atoms with Gasteiger partial charge in [-0.15, -0.1) is 5.10 Å². The van der Waals surface area contributed by atoms with Crippen LogP contribution in [0.4, 0.5) is 0 Å². The van der Waals surface area contributed by atoms with Crippen LogP contribution in [-0.4, -0.2) is 65.9 Å². The normalized spacial score (nSPS) is 24.8. The Kier molecular flexibility index (Phi) is 5.55. The summed E-state index contributed by atoms with van der Waals surface area (Å²) in [6, 6.07) is 13.7. The minimum absolute atomic E-state index is 0.322. The van der Waals surface area contributed by atoms with Crippen LogP contribution in [0.5, 0.6) is 0 Å². The Labute approximate surface area is 206 Å². The summed E-state index contributed by atoms with van der Waals surface area (Å²) in [4.78, 5) is 21.0. The van der Waals surface area contributed by atoms with E-state index in [1.165, 1.54) is 6.92 Å². The number of ether oxygens (including phenoxy) is 4. The molecule has 2 aliphatic heterocycles. The zero-order valence-corrected chi connectivity index (χ0v) is 20.1. The second-order valence-electron chi connectivity index (χ2n) is 9.37. The molecule has 0 saturated carbocycles. The highest BCUT2D eigenvalue weighted by Gasteiger charge is 2.56. The Morgan fingerprint density at radius 1 is 1.14 bits per heavy atom. The van der Waals surface area contributed by atoms with Crippen molar-refractivity contribution in [2.45, 2.75) is 64.2 Å². The van der Waals surface area contributed by atoms with Gasteiger partial charge in [-0.2, -0.15) is 0 Å². The number of nitrogens with zero attached hydrogens (tertiary/aromatic N) is 6. The van der Waals surface area contributed by atoms with Gasteiger partial charge in [0.15, 0.2) is 30.1 Å². The molecule has 0 N–H and O–H groups in total. The molecule has 0 amide bonds. The van der Waals surface area contributed by atoms with Crippen LogP contribution in [0, 0.1) is 0 Å². The van der Waals surface area contributed by atoms with Crippen LogP contribution < -0.4 is 0 Å². The van der Waals surface area contributed by atoms with E-state index in [2.05, 4.69) is 19.9 Å². The number of carbonyl (C=O) groups is 1. The fourth-order valence-electron chi connectivity index (χ4n) is 4.80. The molecule has 0 aliphatic carbocycles. The number of pyridine rings is 1. The molecule has 5 heterocycles. The number of para-hydroxylation sites is 2. The molecule has 0 spiro atoms. The highest BCUT2D eigenvalue weighted by Crippen LogP contribution is 2.39. The number of carbonyl (C=O) groups excluding carboxylic acids is 1. The predicted octanol–water partition coefficient (Wildman–Crippen LogP) is 2.55. The molecule has 2 aliphatic rings. The molecule has 3 aromatic heterocycles. The van der Waals surface area contributed by atoms with Gasteiger partial charge in [-0.1, -0.05) is 23.4 Å². The lowest BCUT2D eigenvalue weighted by Crippen LogP contribution is -2.39. The Morgan fingerprint density at radius 2 is 1.97 bits per heavy atom. The first kappa shape index (κ1) is 22.8. The standard InChI is InChI=1S/C25H26N6O5/c1-15(32)33-21-20(34-24-22(21)35-25(2,3)36-24)14-30-12-16(28-29-30)13-31-19-10-5-4-8-17(19)27-23(31)18-9-6-7-11-26-18/h4-12,20-22,24H,13-14H2,1-3H3/t20-,21+,22-,24-/m1/s1. The molecule has 2 fully saturated rings. The lowest BCUT2D eigenvalue weighted by Gasteiger charge is -2.25. The van der Waals surface area contributed by atoms with Gasteiger partial charge in [0, 0.05) is 13.1 Å². The lowest BCUT2D eigenvalue weighted by atomic mass is 10.1. The van der Waals surface area contributed by atoms with Crippen molar-refractivity contribution in [3.63, 3.8) is 0 Å². The number of esters is 1. The van der Waals surface area contributed by atoms with Crippen molar-refractivity contribution in [2.24, 2.45) is 0 Å². The van der Waals surface area contributed by atoms with Crippen LogP contribution in [0.1, 0.15) is 26.5 Å². The maximum absolute atomic E-state index is 11.8. The predicted molar refractivity (Wildman–Crippen MR) is 126 cm³/mol. The number of aromatic nitrogens is 6. The van der Waals surface area contributed by atoms with Crippen molar-refractivity contribution in [3.8, 4) is 11.5 Å². The van der Waals surface area contributed by atoms with Crippen LogP contribution in [0.2, 0.25) is 0 Å². The molecule has 0 radical (unpaired) electrons. The summed E-state index contributed by atoms with van der Waals surface area (Å²) < 4.78 is 27.1. The number of rotatable bonds is 6. The molecule has 4 aromatic rings. The fraction of sp³-hybridized carbons (Fsp3) is 0.400. The minimum atomic E-state index is -0.808. The molecule has 186 valence electrons. The average Bonchev–Trinajstić information content (AvgIpc) is 3.58. The van der Waals surface area contributed by atoms with Gasteiger partial charge in [0.2, 0.25) is 0 Å². The van der Waals surface area contributed by atoms with E-state index in [1.54, 1.807) is 24.7 Å². The van der Waals surface area contributed by atoms with Crippen molar-refractivity contribution in [1.82, 2.24) is 29.5 Å². The average molecular weight is 491 g/mol. The van der Waals surface area contributed by atoms with Gasteiger partial charge in [0.25, 0.3) is 0 Å². The van der Waals surface area contributed by atoms with E-state index in [0.717, 1.165) is 28.2 Å². The third-order valence-corrected chi connectivity index (χ3v) is 6.21. The minimum Gasteiger partial charge on any atom is -0.457 e. The Morgan fingerprint density at radius 3 is 2.78 bits per heavy atom. The second-order valence-corrected chi connectivity index (χ2v) is 9.37. The van der Waals surface area contributed by atoms with Gasteiger partial charge in [-0.3, -0.25) is 9.78 Å². The number of benzene rings is 1. The molecule has 11 heteroatoms. The highest BCUT2D eigenvalue weighted by molar-refractivity contribution is 5.80. The number of imidazole rings is 1. The van der Waals surface area contributed by atoms with Gasteiger partial charge in [0.05, 0.1) is 30.3 Å². The third kappa shape index (κ3) is 4.25. The summed E-state index contributed by atoms with van der Waals surface area (Å²) in [6.07, 6.45) is 1.37. The van der Waals surface area contributed by atoms with E-state index in [-0.39, 0.29) is 0 Å². The second kappa shape index (κ2) is 8.77.